The number of nitrogens with zero attached hydrogens (tertiary/aromatic N) is 3. The van der Waals surface area contributed by atoms with Gasteiger partial charge in [0.2, 0.25) is 10.0 Å². The first kappa shape index (κ1) is 27.5. The molecule has 8 nitrogen and oxygen atoms in total. The molecule has 200 valence electrons. The molecule has 2 heterocycles. The molecular weight excluding hydrogens is 502 g/mol. The maximum absolute atomic E-state index is 13.7. The van der Waals surface area contributed by atoms with Crippen LogP contribution in [0.15, 0.2) is 78.0 Å². The van der Waals surface area contributed by atoms with E-state index in [1.807, 2.05) is 49.4 Å². The van der Waals surface area contributed by atoms with Gasteiger partial charge in [0.05, 0.1) is 13.2 Å². The van der Waals surface area contributed by atoms with Crippen molar-refractivity contribution in [2.45, 2.75) is 30.9 Å². The van der Waals surface area contributed by atoms with E-state index in [9.17, 15) is 18.3 Å². The molecule has 0 radical (unpaired) electrons. The summed E-state index contributed by atoms with van der Waals surface area (Å²) < 4.78 is 35.1. The van der Waals surface area contributed by atoms with Crippen molar-refractivity contribution < 1.29 is 23.1 Å². The van der Waals surface area contributed by atoms with Gasteiger partial charge in [0, 0.05) is 43.5 Å². The number of fused-ring (bicyclic) bond motifs is 1. The molecule has 1 N–H and O–H groups in total. The summed E-state index contributed by atoms with van der Waals surface area (Å²) in [6, 6.07) is 17.5. The molecule has 0 fully saturated rings. The fraction of sp³-hybridized carbons (Fsp3) is 0.310. The number of aliphatic hydroxyl groups excluding tert-OH is 1. The molecule has 2 aromatic carbocycles. The first-order valence-corrected chi connectivity index (χ1v) is 14.0. The van der Waals surface area contributed by atoms with Crippen LogP contribution in [0.1, 0.15) is 35.3 Å². The summed E-state index contributed by atoms with van der Waals surface area (Å²) in [6.45, 7) is 3.64. The summed E-state index contributed by atoms with van der Waals surface area (Å²) in [5, 5.41) is 9.84. The van der Waals surface area contributed by atoms with Crippen LogP contribution in [0.5, 0.6) is 5.75 Å². The highest BCUT2D eigenvalue weighted by atomic mass is 32.2. The average Bonchev–Trinajstić information content (AvgIpc) is 2.93. The van der Waals surface area contributed by atoms with Crippen molar-refractivity contribution in [1.29, 1.82) is 0 Å². The van der Waals surface area contributed by atoms with Crippen molar-refractivity contribution in [2.75, 3.05) is 26.7 Å². The number of hydrogen-bond donors (Lipinski definition) is 1. The molecule has 0 spiro atoms. The Morgan fingerprint density at radius 3 is 2.50 bits per heavy atom. The lowest BCUT2D eigenvalue weighted by Crippen LogP contribution is -2.50. The van der Waals surface area contributed by atoms with Crippen LogP contribution in [0.25, 0.3) is 12.2 Å². The second-order valence-corrected chi connectivity index (χ2v) is 11.5. The number of carbonyl (C=O) groups is 1. The molecule has 3 aromatic rings. The van der Waals surface area contributed by atoms with Crippen LogP contribution in [0.2, 0.25) is 0 Å². The molecule has 0 saturated heterocycles. The molecule has 0 bridgehead atoms. The first-order chi connectivity index (χ1) is 18.2. The Morgan fingerprint density at radius 1 is 1.13 bits per heavy atom. The van der Waals surface area contributed by atoms with Gasteiger partial charge in [-0.25, -0.2) is 8.42 Å². The van der Waals surface area contributed by atoms with Crippen molar-refractivity contribution in [3.8, 4) is 5.75 Å². The zero-order valence-corrected chi connectivity index (χ0v) is 22.6. The molecule has 0 unspecified atom stereocenters. The van der Waals surface area contributed by atoms with E-state index in [2.05, 4.69) is 4.98 Å². The minimum Gasteiger partial charge on any atom is -0.487 e. The molecule has 1 amide bonds. The number of aromatic nitrogens is 1. The fourth-order valence-corrected chi connectivity index (χ4v) is 6.21. The molecule has 1 aliphatic rings. The van der Waals surface area contributed by atoms with E-state index in [4.69, 9.17) is 4.74 Å². The normalized spacial score (nSPS) is 20.1. The molecule has 3 atom stereocenters. The molecule has 0 aliphatic carbocycles. The Kier molecular flexibility index (Phi) is 8.61. The number of hydrogen-bond acceptors (Lipinski definition) is 6. The van der Waals surface area contributed by atoms with E-state index < -0.39 is 22.2 Å². The summed E-state index contributed by atoms with van der Waals surface area (Å²) in [5.74, 6) is -0.238. The summed E-state index contributed by atoms with van der Waals surface area (Å²) in [5.41, 5.74) is 2.30. The highest BCUT2D eigenvalue weighted by Crippen LogP contribution is 2.34. The fourth-order valence-electron chi connectivity index (χ4n) is 4.39. The van der Waals surface area contributed by atoms with Gasteiger partial charge >= 0.3 is 0 Å². The number of benzene rings is 2. The number of likely N-dealkylation sites (N-methyl/N-ethyl adjacent to an activating group) is 1. The predicted molar refractivity (Wildman–Crippen MR) is 147 cm³/mol. The van der Waals surface area contributed by atoms with Gasteiger partial charge < -0.3 is 14.7 Å². The van der Waals surface area contributed by atoms with Crippen LogP contribution in [-0.2, 0) is 10.0 Å². The van der Waals surface area contributed by atoms with Crippen LogP contribution in [0.4, 0.5) is 0 Å². The molecule has 1 aromatic heterocycles. The van der Waals surface area contributed by atoms with Crippen LogP contribution >= 0.6 is 0 Å². The summed E-state index contributed by atoms with van der Waals surface area (Å²) in [4.78, 5) is 18.6. The third-order valence-corrected chi connectivity index (χ3v) is 8.71. The van der Waals surface area contributed by atoms with Crippen molar-refractivity contribution >= 4 is 28.1 Å². The molecule has 38 heavy (non-hydrogen) atoms. The Labute approximate surface area is 224 Å². The number of rotatable bonds is 7. The average molecular weight is 536 g/mol. The van der Waals surface area contributed by atoms with E-state index in [1.165, 1.54) is 4.31 Å². The minimum absolute atomic E-state index is 0.0367. The topological polar surface area (TPSA) is 100 Å². The number of sulfonamides is 1. The monoisotopic (exact) mass is 535 g/mol. The summed E-state index contributed by atoms with van der Waals surface area (Å²) in [7, 11) is -2.25. The second kappa shape index (κ2) is 11.9. The minimum atomic E-state index is -3.95. The van der Waals surface area contributed by atoms with E-state index in [0.717, 1.165) is 11.1 Å². The van der Waals surface area contributed by atoms with Crippen LogP contribution in [-0.4, -0.2) is 72.5 Å². The molecular formula is C29H33N3O5S. The number of carbonyl (C=O) groups excluding carboxylic acids is 1. The Hall–Kier alpha value is -3.53. The standard InChI is InChI=1S/C29H33N3O5S/c1-21-18-32(22(2)20-33)38(35,36)28-12-11-24(10-9-23-7-5-4-6-8-23)17-26(28)37-27(21)19-31(3)29(34)25-13-15-30-16-14-25/h4-17,21-22,27,33H,18-20H2,1-3H3/b10-9+/t21-,22-,27+/m1/s1. The van der Waals surface area contributed by atoms with Gasteiger partial charge in [-0.2, -0.15) is 4.31 Å². The SMILES string of the molecule is C[C@@H]1CN([C@H](C)CO)S(=O)(=O)c2ccc(/C=C/c3ccccc3)cc2O[C@H]1CN(C)C(=O)c1ccncc1. The van der Waals surface area contributed by atoms with Crippen molar-refractivity contribution in [2.24, 2.45) is 5.92 Å². The maximum Gasteiger partial charge on any atom is 0.253 e. The Balaban J connectivity index is 1.70. The lowest BCUT2D eigenvalue weighted by atomic mass is 10.0. The van der Waals surface area contributed by atoms with Crippen LogP contribution in [0.3, 0.4) is 0 Å². The van der Waals surface area contributed by atoms with E-state index in [0.29, 0.717) is 5.56 Å². The lowest BCUT2D eigenvalue weighted by Gasteiger charge is -2.37. The number of pyridine rings is 1. The molecule has 9 heteroatoms. The summed E-state index contributed by atoms with van der Waals surface area (Å²) >= 11 is 0. The third kappa shape index (κ3) is 6.12. The van der Waals surface area contributed by atoms with Crippen LogP contribution < -0.4 is 4.74 Å². The number of ether oxygens (including phenoxy) is 1. The highest BCUT2D eigenvalue weighted by molar-refractivity contribution is 7.89. The second-order valence-electron chi connectivity index (χ2n) is 9.61. The largest absolute Gasteiger partial charge is 0.487 e. The molecule has 4 rings (SSSR count). The maximum atomic E-state index is 13.7. The van der Waals surface area contributed by atoms with Gasteiger partial charge in [-0.3, -0.25) is 9.78 Å². The van der Waals surface area contributed by atoms with Crippen molar-refractivity contribution in [1.82, 2.24) is 14.2 Å². The van der Waals surface area contributed by atoms with Gasteiger partial charge in [-0.05, 0) is 42.3 Å². The van der Waals surface area contributed by atoms with Crippen molar-refractivity contribution in [3.05, 3.63) is 89.7 Å². The van der Waals surface area contributed by atoms with Crippen molar-refractivity contribution in [3.63, 3.8) is 0 Å². The van der Waals surface area contributed by atoms with Gasteiger partial charge in [-0.1, -0.05) is 55.5 Å². The zero-order valence-electron chi connectivity index (χ0n) is 21.8. The van der Waals surface area contributed by atoms with Crippen LogP contribution in [0, 0.1) is 5.92 Å². The Bertz CT molecular complexity index is 1380. The predicted octanol–water partition coefficient (Wildman–Crippen LogP) is 3.79. The van der Waals surface area contributed by atoms with Gasteiger partial charge in [-0.15, -0.1) is 0 Å². The lowest BCUT2D eigenvalue weighted by molar-refractivity contribution is 0.0563. The van der Waals surface area contributed by atoms with E-state index in [-0.39, 0.29) is 42.2 Å². The van der Waals surface area contributed by atoms with Gasteiger partial charge in [0.1, 0.15) is 16.7 Å². The first-order valence-electron chi connectivity index (χ1n) is 12.5. The van der Waals surface area contributed by atoms with E-state index in [1.54, 1.807) is 61.6 Å². The summed E-state index contributed by atoms with van der Waals surface area (Å²) in [6.07, 6.45) is 6.48. The molecule has 0 saturated carbocycles. The van der Waals surface area contributed by atoms with Gasteiger partial charge in [0.25, 0.3) is 5.91 Å². The van der Waals surface area contributed by atoms with E-state index >= 15 is 0 Å². The zero-order chi connectivity index (χ0) is 27.3. The smallest absolute Gasteiger partial charge is 0.253 e. The number of aliphatic hydroxyl groups is 1. The highest BCUT2D eigenvalue weighted by Gasteiger charge is 2.38. The number of amides is 1. The molecule has 1 aliphatic heterocycles. The quantitative estimate of drug-likeness (QED) is 0.462. The van der Waals surface area contributed by atoms with Gasteiger partial charge in [0.15, 0.2) is 0 Å². The Morgan fingerprint density at radius 2 is 1.82 bits per heavy atom. The third-order valence-electron chi connectivity index (χ3n) is 6.69.